The van der Waals surface area contributed by atoms with E-state index >= 15 is 0 Å². The zero-order chi connectivity index (χ0) is 13.0. The number of hydrogen-bond donors (Lipinski definition) is 1. The second kappa shape index (κ2) is 7.56. The van der Waals surface area contributed by atoms with Gasteiger partial charge in [0, 0.05) is 43.7 Å². The maximum absolute atomic E-state index is 11.8. The van der Waals surface area contributed by atoms with Crippen LogP contribution in [0.2, 0.25) is 0 Å². The molecular weight excluding hydrogens is 274 g/mol. The topological polar surface area (TPSA) is 68.3 Å². The molecule has 0 saturated carbocycles. The van der Waals surface area contributed by atoms with E-state index < -0.39 is 0 Å². The Balaban J connectivity index is 0.00000289. The minimum absolute atomic E-state index is 0. The van der Waals surface area contributed by atoms with Gasteiger partial charge in [-0.3, -0.25) is 9.59 Å². The Hall–Kier alpha value is -0.850. The summed E-state index contributed by atoms with van der Waals surface area (Å²) in [5.74, 6) is 0.0143. The van der Waals surface area contributed by atoms with Crippen LogP contribution in [0.3, 0.4) is 0 Å². The summed E-state index contributed by atoms with van der Waals surface area (Å²) in [6, 6.07) is 0.0304. The highest BCUT2D eigenvalue weighted by Gasteiger charge is 2.14. The summed E-state index contributed by atoms with van der Waals surface area (Å²) < 4.78 is 1.63. The van der Waals surface area contributed by atoms with E-state index in [0.29, 0.717) is 19.5 Å². The molecule has 0 bridgehead atoms. The Morgan fingerprint density at radius 2 is 2.22 bits per heavy atom. The minimum Gasteiger partial charge on any atom is -0.342 e. The number of halogens is 1. The summed E-state index contributed by atoms with van der Waals surface area (Å²) in [6.45, 7) is 4.66. The van der Waals surface area contributed by atoms with Gasteiger partial charge in [-0.25, -0.2) is 0 Å². The van der Waals surface area contributed by atoms with Gasteiger partial charge in [0.05, 0.1) is 0 Å². The van der Waals surface area contributed by atoms with Gasteiger partial charge in [-0.2, -0.15) is 0 Å². The molecule has 0 radical (unpaired) electrons. The van der Waals surface area contributed by atoms with Gasteiger partial charge < -0.3 is 15.2 Å². The summed E-state index contributed by atoms with van der Waals surface area (Å²) in [4.78, 5) is 24.9. The van der Waals surface area contributed by atoms with Gasteiger partial charge in [-0.05, 0) is 13.8 Å². The molecular formula is C11H20ClN3O2S. The van der Waals surface area contributed by atoms with Crippen LogP contribution in [-0.2, 0) is 11.3 Å². The molecule has 18 heavy (non-hydrogen) atoms. The third kappa shape index (κ3) is 4.12. The smallest absolute Gasteiger partial charge is 0.307 e. The summed E-state index contributed by atoms with van der Waals surface area (Å²) in [6.07, 6.45) is 0.332. The van der Waals surface area contributed by atoms with Crippen molar-refractivity contribution in [1.29, 1.82) is 0 Å². The average molecular weight is 294 g/mol. The maximum atomic E-state index is 11.8. The zero-order valence-corrected chi connectivity index (χ0v) is 12.5. The lowest BCUT2D eigenvalue weighted by Crippen LogP contribution is -2.40. The highest BCUT2D eigenvalue weighted by Crippen LogP contribution is 2.03. The first-order chi connectivity index (χ1) is 7.97. The molecule has 1 heterocycles. The Morgan fingerprint density at radius 3 is 2.67 bits per heavy atom. The predicted molar refractivity (Wildman–Crippen MR) is 76.5 cm³/mol. The number of hydrogen-bond acceptors (Lipinski definition) is 4. The van der Waals surface area contributed by atoms with Crippen molar-refractivity contribution < 1.29 is 4.79 Å². The third-order valence-electron chi connectivity index (χ3n) is 2.92. The lowest BCUT2D eigenvalue weighted by molar-refractivity contribution is -0.131. The van der Waals surface area contributed by atoms with Gasteiger partial charge >= 0.3 is 4.87 Å². The molecule has 0 saturated heterocycles. The summed E-state index contributed by atoms with van der Waals surface area (Å²) >= 11 is 1.16. The zero-order valence-electron chi connectivity index (χ0n) is 10.9. The van der Waals surface area contributed by atoms with E-state index in [2.05, 4.69) is 0 Å². The molecule has 104 valence electrons. The molecule has 1 aromatic heterocycles. The van der Waals surface area contributed by atoms with Crippen molar-refractivity contribution in [2.45, 2.75) is 32.9 Å². The Morgan fingerprint density at radius 1 is 1.61 bits per heavy atom. The molecule has 0 fully saturated rings. The van der Waals surface area contributed by atoms with Gasteiger partial charge in [0.1, 0.15) is 0 Å². The van der Waals surface area contributed by atoms with Crippen molar-refractivity contribution >= 4 is 29.7 Å². The number of carbonyl (C=O) groups is 1. The van der Waals surface area contributed by atoms with Crippen molar-refractivity contribution in [2.24, 2.45) is 5.73 Å². The number of likely N-dealkylation sites (N-methyl/N-ethyl adjacent to an activating group) is 1. The maximum Gasteiger partial charge on any atom is 0.307 e. The van der Waals surface area contributed by atoms with Gasteiger partial charge in [-0.1, -0.05) is 11.3 Å². The fourth-order valence-electron chi connectivity index (χ4n) is 1.46. The molecule has 7 heteroatoms. The average Bonchev–Trinajstić information content (AvgIpc) is 2.64. The van der Waals surface area contributed by atoms with E-state index in [1.807, 2.05) is 13.8 Å². The number of carbonyl (C=O) groups excluding carboxylic acids is 1. The fraction of sp³-hybridized carbons (Fsp3) is 0.636. The number of nitrogens with two attached hydrogens (primary N) is 1. The highest BCUT2D eigenvalue weighted by atomic mass is 35.5. The van der Waals surface area contributed by atoms with Crippen LogP contribution < -0.4 is 10.6 Å². The van der Waals surface area contributed by atoms with Crippen LogP contribution in [0, 0.1) is 6.92 Å². The molecule has 5 nitrogen and oxygen atoms in total. The van der Waals surface area contributed by atoms with Crippen LogP contribution in [0.1, 0.15) is 19.0 Å². The molecule has 1 amide bonds. The largest absolute Gasteiger partial charge is 0.342 e. The van der Waals surface area contributed by atoms with Crippen molar-refractivity contribution in [3.8, 4) is 0 Å². The molecule has 1 unspecified atom stereocenters. The minimum atomic E-state index is -0.00942. The first kappa shape index (κ1) is 17.2. The van der Waals surface area contributed by atoms with Crippen LogP contribution >= 0.6 is 23.7 Å². The number of nitrogens with zero attached hydrogens (tertiary/aromatic N) is 2. The van der Waals surface area contributed by atoms with Gasteiger partial charge in [0.2, 0.25) is 5.91 Å². The monoisotopic (exact) mass is 293 g/mol. The normalized spacial score (nSPS) is 11.8. The van der Waals surface area contributed by atoms with E-state index in [1.54, 1.807) is 21.9 Å². The van der Waals surface area contributed by atoms with Crippen LogP contribution in [0.5, 0.6) is 0 Å². The van der Waals surface area contributed by atoms with Gasteiger partial charge in [-0.15, -0.1) is 12.4 Å². The van der Waals surface area contributed by atoms with Crippen LogP contribution in [-0.4, -0.2) is 35.0 Å². The fourth-order valence-corrected chi connectivity index (χ4v) is 2.22. The third-order valence-corrected chi connectivity index (χ3v) is 3.80. The Kier molecular flexibility index (Phi) is 7.20. The highest BCUT2D eigenvalue weighted by molar-refractivity contribution is 7.07. The lowest BCUT2D eigenvalue weighted by atomic mass is 10.2. The van der Waals surface area contributed by atoms with Gasteiger partial charge in [0.25, 0.3) is 0 Å². The van der Waals surface area contributed by atoms with Crippen LogP contribution in [0.25, 0.3) is 0 Å². The summed E-state index contributed by atoms with van der Waals surface area (Å²) in [5.41, 5.74) is 6.41. The van der Waals surface area contributed by atoms with Crippen LogP contribution in [0.4, 0.5) is 0 Å². The first-order valence-electron chi connectivity index (χ1n) is 5.58. The number of aryl methyl sites for hydroxylation is 1. The molecule has 0 aromatic carbocycles. The molecule has 1 rings (SSSR count). The van der Waals surface area contributed by atoms with E-state index in [4.69, 9.17) is 5.73 Å². The van der Waals surface area contributed by atoms with Crippen LogP contribution in [0.15, 0.2) is 10.2 Å². The number of aromatic nitrogens is 1. The Labute approximate surface area is 117 Å². The lowest BCUT2D eigenvalue weighted by Gasteiger charge is -2.23. The van der Waals surface area contributed by atoms with Gasteiger partial charge in [0.15, 0.2) is 0 Å². The summed E-state index contributed by atoms with van der Waals surface area (Å²) in [5, 5.41) is 1.80. The van der Waals surface area contributed by atoms with E-state index in [-0.39, 0.29) is 29.2 Å². The molecule has 0 aliphatic carbocycles. The first-order valence-corrected chi connectivity index (χ1v) is 6.46. The SMILES string of the molecule is Cc1csc(=O)n1CCC(=O)N(C)C(C)CN.Cl. The number of rotatable bonds is 5. The van der Waals surface area contributed by atoms with E-state index in [9.17, 15) is 9.59 Å². The second-order valence-corrected chi connectivity index (χ2v) is 4.95. The van der Waals surface area contributed by atoms with E-state index in [1.165, 1.54) is 0 Å². The van der Waals surface area contributed by atoms with Crippen molar-refractivity contribution in [2.75, 3.05) is 13.6 Å². The number of thiazole rings is 1. The van der Waals surface area contributed by atoms with E-state index in [0.717, 1.165) is 17.0 Å². The van der Waals surface area contributed by atoms with Crippen molar-refractivity contribution in [3.05, 3.63) is 20.7 Å². The molecule has 1 aromatic rings. The molecule has 2 N–H and O–H groups in total. The van der Waals surface area contributed by atoms with Crippen molar-refractivity contribution in [3.63, 3.8) is 0 Å². The number of amides is 1. The van der Waals surface area contributed by atoms with Crippen molar-refractivity contribution in [1.82, 2.24) is 9.47 Å². The summed E-state index contributed by atoms with van der Waals surface area (Å²) in [7, 11) is 1.74. The molecule has 0 aliphatic heterocycles. The molecule has 1 atom stereocenters. The standard InChI is InChI=1S/C11H19N3O2S.ClH/c1-8(6-12)13(3)10(15)4-5-14-9(2)7-17-11(14)16;/h7-8H,4-6,12H2,1-3H3;1H. The Bertz CT molecular complexity index is 444. The quantitative estimate of drug-likeness (QED) is 0.874. The molecule has 0 spiro atoms. The molecule has 0 aliphatic rings. The predicted octanol–water partition coefficient (Wildman–Crippen LogP) is 0.836. The second-order valence-electron chi connectivity index (χ2n) is 4.13.